The third-order valence-electron chi connectivity index (χ3n) is 3.94. The summed E-state index contributed by atoms with van der Waals surface area (Å²) in [5, 5.41) is 9.41. The number of rotatable bonds is 2. The standard InChI is InChI=1S/C15H22N2O2/c1-10-7-11(2)14(16)8-13(10)15(19)17-6-4-3-5-12(17)9-18/h7-8,12,18H,3-6,9,16H2,1-2H3. The van der Waals surface area contributed by atoms with Crippen molar-refractivity contribution in [3.05, 3.63) is 28.8 Å². The molecule has 1 aromatic carbocycles. The number of hydrogen-bond donors (Lipinski definition) is 2. The second-order valence-corrected chi connectivity index (χ2v) is 5.35. The zero-order chi connectivity index (χ0) is 14.0. The molecule has 0 spiro atoms. The van der Waals surface area contributed by atoms with Gasteiger partial charge in [0, 0.05) is 17.8 Å². The maximum Gasteiger partial charge on any atom is 0.254 e. The van der Waals surface area contributed by atoms with E-state index in [0.717, 1.165) is 36.9 Å². The maximum atomic E-state index is 12.6. The van der Waals surface area contributed by atoms with Crippen LogP contribution in [0.2, 0.25) is 0 Å². The topological polar surface area (TPSA) is 66.6 Å². The number of anilines is 1. The van der Waals surface area contributed by atoms with Gasteiger partial charge in [-0.1, -0.05) is 6.07 Å². The molecule has 0 bridgehead atoms. The molecule has 0 saturated carbocycles. The van der Waals surface area contributed by atoms with Crippen molar-refractivity contribution in [3.8, 4) is 0 Å². The molecule has 1 saturated heterocycles. The first-order chi connectivity index (χ1) is 9.04. The van der Waals surface area contributed by atoms with E-state index in [2.05, 4.69) is 0 Å². The van der Waals surface area contributed by atoms with Gasteiger partial charge < -0.3 is 15.7 Å². The molecular formula is C15H22N2O2. The molecule has 1 aliphatic heterocycles. The number of piperidine rings is 1. The molecule has 0 aliphatic carbocycles. The van der Waals surface area contributed by atoms with Crippen molar-refractivity contribution in [2.24, 2.45) is 0 Å². The van der Waals surface area contributed by atoms with Crippen LogP contribution >= 0.6 is 0 Å². The average Bonchev–Trinajstić information content (AvgIpc) is 2.42. The summed E-state index contributed by atoms with van der Waals surface area (Å²) in [5.41, 5.74) is 9.14. The van der Waals surface area contributed by atoms with Crippen LogP contribution < -0.4 is 5.73 Å². The molecule has 1 fully saturated rings. The lowest BCUT2D eigenvalue weighted by Crippen LogP contribution is -2.45. The van der Waals surface area contributed by atoms with Gasteiger partial charge in [-0.15, -0.1) is 0 Å². The average molecular weight is 262 g/mol. The second kappa shape index (κ2) is 5.61. The van der Waals surface area contributed by atoms with E-state index >= 15 is 0 Å². The first-order valence-electron chi connectivity index (χ1n) is 6.83. The minimum absolute atomic E-state index is 0.0112. The Morgan fingerprint density at radius 1 is 1.37 bits per heavy atom. The Hall–Kier alpha value is -1.55. The summed E-state index contributed by atoms with van der Waals surface area (Å²) in [6.07, 6.45) is 2.95. The smallest absolute Gasteiger partial charge is 0.254 e. The fraction of sp³-hybridized carbons (Fsp3) is 0.533. The number of nitrogens with two attached hydrogens (primary N) is 1. The minimum Gasteiger partial charge on any atom is -0.398 e. The molecule has 4 heteroatoms. The van der Waals surface area contributed by atoms with Crippen LogP contribution in [0.15, 0.2) is 12.1 Å². The summed E-state index contributed by atoms with van der Waals surface area (Å²) >= 11 is 0. The molecule has 1 aliphatic rings. The van der Waals surface area contributed by atoms with E-state index < -0.39 is 0 Å². The Bertz CT molecular complexity index is 485. The number of aliphatic hydroxyl groups is 1. The summed E-state index contributed by atoms with van der Waals surface area (Å²) < 4.78 is 0. The second-order valence-electron chi connectivity index (χ2n) is 5.35. The first kappa shape index (κ1) is 13.9. The molecule has 1 amide bonds. The molecule has 1 atom stereocenters. The van der Waals surface area contributed by atoms with Gasteiger partial charge in [0.15, 0.2) is 0 Å². The molecule has 4 nitrogen and oxygen atoms in total. The van der Waals surface area contributed by atoms with E-state index in [4.69, 9.17) is 5.73 Å². The van der Waals surface area contributed by atoms with Crippen LogP contribution in [0.4, 0.5) is 5.69 Å². The zero-order valence-corrected chi connectivity index (χ0v) is 11.6. The van der Waals surface area contributed by atoms with Gasteiger partial charge in [0.05, 0.1) is 12.6 Å². The molecular weight excluding hydrogens is 240 g/mol. The van der Waals surface area contributed by atoms with Crippen molar-refractivity contribution < 1.29 is 9.90 Å². The minimum atomic E-state index is -0.0526. The molecule has 104 valence electrons. The van der Waals surface area contributed by atoms with Gasteiger partial charge >= 0.3 is 0 Å². The van der Waals surface area contributed by atoms with Crippen molar-refractivity contribution in [1.29, 1.82) is 0 Å². The quantitative estimate of drug-likeness (QED) is 0.800. The van der Waals surface area contributed by atoms with E-state index in [0.29, 0.717) is 11.3 Å². The molecule has 3 N–H and O–H groups in total. The van der Waals surface area contributed by atoms with Gasteiger partial charge in [-0.05, 0) is 50.3 Å². The fourth-order valence-electron chi connectivity index (χ4n) is 2.71. The highest BCUT2D eigenvalue weighted by molar-refractivity contribution is 5.97. The number of benzene rings is 1. The fourth-order valence-corrected chi connectivity index (χ4v) is 2.71. The van der Waals surface area contributed by atoms with Crippen LogP contribution in [0.1, 0.15) is 40.7 Å². The SMILES string of the molecule is Cc1cc(C)c(C(=O)N2CCCCC2CO)cc1N. The number of amides is 1. The highest BCUT2D eigenvalue weighted by Crippen LogP contribution is 2.23. The lowest BCUT2D eigenvalue weighted by atomic mass is 9.98. The highest BCUT2D eigenvalue weighted by Gasteiger charge is 2.27. The van der Waals surface area contributed by atoms with Crippen LogP contribution in [0, 0.1) is 13.8 Å². The number of nitrogen functional groups attached to an aromatic ring is 1. The Morgan fingerprint density at radius 2 is 2.11 bits per heavy atom. The molecule has 1 heterocycles. The summed E-state index contributed by atoms with van der Waals surface area (Å²) in [7, 11) is 0. The third-order valence-corrected chi connectivity index (χ3v) is 3.94. The number of carbonyl (C=O) groups is 1. The number of carbonyl (C=O) groups excluding carboxylic acids is 1. The molecule has 0 radical (unpaired) electrons. The van der Waals surface area contributed by atoms with Gasteiger partial charge in [0.1, 0.15) is 0 Å². The van der Waals surface area contributed by atoms with E-state index in [-0.39, 0.29) is 18.6 Å². The number of aryl methyl sites for hydroxylation is 2. The molecule has 1 aromatic rings. The third kappa shape index (κ3) is 2.73. The van der Waals surface area contributed by atoms with Crippen molar-refractivity contribution in [2.75, 3.05) is 18.9 Å². The number of aliphatic hydroxyl groups excluding tert-OH is 1. The van der Waals surface area contributed by atoms with Crippen LogP contribution in [0.3, 0.4) is 0 Å². The predicted molar refractivity (Wildman–Crippen MR) is 76.1 cm³/mol. The van der Waals surface area contributed by atoms with Crippen LogP contribution in [0.5, 0.6) is 0 Å². The summed E-state index contributed by atoms with van der Waals surface area (Å²) in [6.45, 7) is 4.62. The van der Waals surface area contributed by atoms with Crippen molar-refractivity contribution in [1.82, 2.24) is 4.90 Å². The number of likely N-dealkylation sites (tertiary alicyclic amines) is 1. The number of nitrogens with zero attached hydrogens (tertiary/aromatic N) is 1. The summed E-state index contributed by atoms with van der Waals surface area (Å²) in [6, 6.07) is 3.65. The molecule has 0 aromatic heterocycles. The first-order valence-corrected chi connectivity index (χ1v) is 6.83. The number of hydrogen-bond acceptors (Lipinski definition) is 3. The van der Waals surface area contributed by atoms with Crippen molar-refractivity contribution in [2.45, 2.75) is 39.2 Å². The maximum absolute atomic E-state index is 12.6. The van der Waals surface area contributed by atoms with Crippen LogP contribution in [-0.4, -0.2) is 35.1 Å². The van der Waals surface area contributed by atoms with Crippen molar-refractivity contribution in [3.63, 3.8) is 0 Å². The Labute approximate surface area is 114 Å². The van der Waals surface area contributed by atoms with E-state index in [1.165, 1.54) is 0 Å². The Morgan fingerprint density at radius 3 is 2.79 bits per heavy atom. The molecule has 1 unspecified atom stereocenters. The molecule has 19 heavy (non-hydrogen) atoms. The van der Waals surface area contributed by atoms with E-state index in [9.17, 15) is 9.90 Å². The predicted octanol–water partition coefficient (Wildman–Crippen LogP) is 1.87. The van der Waals surface area contributed by atoms with Gasteiger partial charge in [-0.3, -0.25) is 4.79 Å². The largest absolute Gasteiger partial charge is 0.398 e. The van der Waals surface area contributed by atoms with Crippen LogP contribution in [0.25, 0.3) is 0 Å². The summed E-state index contributed by atoms with van der Waals surface area (Å²) in [4.78, 5) is 14.4. The normalized spacial score (nSPS) is 19.5. The van der Waals surface area contributed by atoms with Gasteiger partial charge in [0.2, 0.25) is 0 Å². The van der Waals surface area contributed by atoms with Gasteiger partial charge in [-0.25, -0.2) is 0 Å². The Balaban J connectivity index is 2.30. The zero-order valence-electron chi connectivity index (χ0n) is 11.6. The summed E-state index contributed by atoms with van der Waals surface area (Å²) in [5.74, 6) is -0.0112. The molecule has 2 rings (SSSR count). The van der Waals surface area contributed by atoms with Crippen molar-refractivity contribution >= 4 is 11.6 Å². The van der Waals surface area contributed by atoms with Crippen LogP contribution in [-0.2, 0) is 0 Å². The lowest BCUT2D eigenvalue weighted by molar-refractivity contribution is 0.0502. The van der Waals surface area contributed by atoms with E-state index in [1.807, 2.05) is 19.9 Å². The lowest BCUT2D eigenvalue weighted by Gasteiger charge is -2.35. The highest BCUT2D eigenvalue weighted by atomic mass is 16.3. The van der Waals surface area contributed by atoms with E-state index in [1.54, 1.807) is 11.0 Å². The van der Waals surface area contributed by atoms with Gasteiger partial charge in [0.25, 0.3) is 5.91 Å². The monoisotopic (exact) mass is 262 g/mol. The van der Waals surface area contributed by atoms with Gasteiger partial charge in [-0.2, -0.15) is 0 Å². The Kier molecular flexibility index (Phi) is 4.10.